The summed E-state index contributed by atoms with van der Waals surface area (Å²) >= 11 is 1.38. The maximum absolute atomic E-state index is 12.5. The second kappa shape index (κ2) is 9.05. The van der Waals surface area contributed by atoms with Crippen LogP contribution in [0.3, 0.4) is 0 Å². The number of amides is 2. The van der Waals surface area contributed by atoms with Crippen LogP contribution >= 0.6 is 11.8 Å². The van der Waals surface area contributed by atoms with Crippen molar-refractivity contribution >= 4 is 40.9 Å². The number of thioether (sulfide) groups is 1. The number of ether oxygens (including phenoxy) is 1. The van der Waals surface area contributed by atoms with Gasteiger partial charge in [0.25, 0.3) is 0 Å². The number of esters is 1. The molecular formula is C19H20N2O4S. The number of methoxy groups -OCH3 is 1. The minimum atomic E-state index is -0.505. The summed E-state index contributed by atoms with van der Waals surface area (Å²) < 4.78 is 4.73. The molecule has 0 aliphatic rings. The van der Waals surface area contributed by atoms with Gasteiger partial charge in [-0.2, -0.15) is 0 Å². The molecule has 136 valence electrons. The van der Waals surface area contributed by atoms with Gasteiger partial charge in [-0.15, -0.1) is 11.8 Å². The van der Waals surface area contributed by atoms with Gasteiger partial charge in [0.1, 0.15) is 0 Å². The van der Waals surface area contributed by atoms with Gasteiger partial charge in [0.15, 0.2) is 0 Å². The van der Waals surface area contributed by atoms with Gasteiger partial charge in [-0.3, -0.25) is 9.59 Å². The largest absolute Gasteiger partial charge is 0.465 e. The van der Waals surface area contributed by atoms with E-state index in [1.54, 1.807) is 43.3 Å². The summed E-state index contributed by atoms with van der Waals surface area (Å²) in [4.78, 5) is 36.2. The predicted octanol–water partition coefficient (Wildman–Crippen LogP) is 3.55. The van der Waals surface area contributed by atoms with E-state index in [1.807, 2.05) is 12.1 Å². The summed E-state index contributed by atoms with van der Waals surface area (Å²) in [6.07, 6.45) is 0. The molecular weight excluding hydrogens is 352 g/mol. The first-order valence-electron chi connectivity index (χ1n) is 7.93. The molecule has 26 heavy (non-hydrogen) atoms. The number of nitrogens with one attached hydrogen (secondary N) is 2. The zero-order valence-electron chi connectivity index (χ0n) is 14.7. The maximum atomic E-state index is 12.5. The minimum Gasteiger partial charge on any atom is -0.465 e. The third-order valence-corrected chi connectivity index (χ3v) is 4.56. The molecule has 0 saturated heterocycles. The SMILES string of the molecule is COC(=O)c1ccccc1NC(=O)C(C)Sc1ccc(NC(C)=O)cc1. The van der Waals surface area contributed by atoms with Gasteiger partial charge in [0, 0.05) is 17.5 Å². The van der Waals surface area contributed by atoms with Crippen LogP contribution in [0.5, 0.6) is 0 Å². The number of para-hydroxylation sites is 1. The van der Waals surface area contributed by atoms with E-state index >= 15 is 0 Å². The molecule has 2 aromatic rings. The lowest BCUT2D eigenvalue weighted by atomic mass is 10.2. The van der Waals surface area contributed by atoms with Crippen molar-refractivity contribution in [3.63, 3.8) is 0 Å². The van der Waals surface area contributed by atoms with Crippen molar-refractivity contribution in [3.8, 4) is 0 Å². The van der Waals surface area contributed by atoms with Crippen molar-refractivity contribution in [2.24, 2.45) is 0 Å². The molecule has 0 aliphatic heterocycles. The smallest absolute Gasteiger partial charge is 0.339 e. The molecule has 1 atom stereocenters. The molecule has 7 heteroatoms. The topological polar surface area (TPSA) is 84.5 Å². The van der Waals surface area contributed by atoms with E-state index in [1.165, 1.54) is 25.8 Å². The fourth-order valence-corrected chi connectivity index (χ4v) is 3.06. The van der Waals surface area contributed by atoms with E-state index < -0.39 is 5.97 Å². The second-order valence-electron chi connectivity index (χ2n) is 5.49. The molecule has 0 saturated carbocycles. The molecule has 0 aliphatic carbocycles. The second-order valence-corrected chi connectivity index (χ2v) is 6.91. The Morgan fingerprint density at radius 2 is 1.65 bits per heavy atom. The fraction of sp³-hybridized carbons (Fsp3) is 0.211. The summed E-state index contributed by atoms with van der Waals surface area (Å²) in [5.41, 5.74) is 1.42. The first-order valence-corrected chi connectivity index (χ1v) is 8.81. The summed E-state index contributed by atoms with van der Waals surface area (Å²) in [6, 6.07) is 13.9. The Labute approximate surface area is 156 Å². The lowest BCUT2D eigenvalue weighted by molar-refractivity contribution is -0.115. The van der Waals surface area contributed by atoms with Crippen LogP contribution in [0.2, 0.25) is 0 Å². The quantitative estimate of drug-likeness (QED) is 0.598. The molecule has 0 heterocycles. The maximum Gasteiger partial charge on any atom is 0.339 e. The average Bonchev–Trinajstić information content (AvgIpc) is 2.62. The summed E-state index contributed by atoms with van der Waals surface area (Å²) in [5, 5.41) is 5.08. The molecule has 0 radical (unpaired) electrons. The Kier molecular flexibility index (Phi) is 6.80. The van der Waals surface area contributed by atoms with E-state index in [2.05, 4.69) is 10.6 Å². The molecule has 0 bridgehead atoms. The highest BCUT2D eigenvalue weighted by molar-refractivity contribution is 8.00. The van der Waals surface area contributed by atoms with Gasteiger partial charge >= 0.3 is 5.97 Å². The molecule has 0 fully saturated rings. The van der Waals surface area contributed by atoms with E-state index in [0.29, 0.717) is 16.9 Å². The van der Waals surface area contributed by atoms with E-state index in [4.69, 9.17) is 4.74 Å². The van der Waals surface area contributed by atoms with Gasteiger partial charge in [0.05, 0.1) is 23.6 Å². The number of hydrogen-bond donors (Lipinski definition) is 2. The molecule has 2 amide bonds. The minimum absolute atomic E-state index is 0.137. The van der Waals surface area contributed by atoms with E-state index in [-0.39, 0.29) is 17.1 Å². The fourth-order valence-electron chi connectivity index (χ4n) is 2.19. The highest BCUT2D eigenvalue weighted by atomic mass is 32.2. The van der Waals surface area contributed by atoms with Crippen LogP contribution in [-0.4, -0.2) is 30.1 Å². The van der Waals surface area contributed by atoms with E-state index in [0.717, 1.165) is 4.90 Å². The molecule has 2 N–H and O–H groups in total. The van der Waals surface area contributed by atoms with Crippen molar-refractivity contribution < 1.29 is 19.1 Å². The number of carbonyl (C=O) groups is 3. The van der Waals surface area contributed by atoms with Gasteiger partial charge in [-0.05, 0) is 43.3 Å². The first-order chi connectivity index (χ1) is 12.4. The zero-order chi connectivity index (χ0) is 19.1. The monoisotopic (exact) mass is 372 g/mol. The number of hydrogen-bond acceptors (Lipinski definition) is 5. The summed E-state index contributed by atoms with van der Waals surface area (Å²) in [5.74, 6) is -0.866. The standard InChI is InChI=1S/C19H20N2O4S/c1-12(26-15-10-8-14(9-11-15)20-13(2)22)18(23)21-17-7-5-4-6-16(17)19(24)25-3/h4-12H,1-3H3,(H,20,22)(H,21,23). The van der Waals surface area contributed by atoms with Crippen molar-refractivity contribution in [3.05, 3.63) is 54.1 Å². The highest BCUT2D eigenvalue weighted by Gasteiger charge is 2.18. The van der Waals surface area contributed by atoms with Crippen molar-refractivity contribution in [1.82, 2.24) is 0 Å². The lowest BCUT2D eigenvalue weighted by Gasteiger charge is -2.14. The first kappa shape index (κ1) is 19.5. The molecule has 6 nitrogen and oxygen atoms in total. The Morgan fingerprint density at radius 1 is 1.00 bits per heavy atom. The van der Waals surface area contributed by atoms with Gasteiger partial charge in [-0.25, -0.2) is 4.79 Å². The predicted molar refractivity (Wildman–Crippen MR) is 102 cm³/mol. The van der Waals surface area contributed by atoms with Crippen LogP contribution in [0, 0.1) is 0 Å². The van der Waals surface area contributed by atoms with Crippen LogP contribution in [0.15, 0.2) is 53.4 Å². The normalized spacial score (nSPS) is 11.3. The lowest BCUT2D eigenvalue weighted by Crippen LogP contribution is -2.23. The molecule has 0 aromatic heterocycles. The van der Waals surface area contributed by atoms with Crippen LogP contribution < -0.4 is 10.6 Å². The summed E-state index contributed by atoms with van der Waals surface area (Å²) in [6.45, 7) is 3.23. The van der Waals surface area contributed by atoms with E-state index in [9.17, 15) is 14.4 Å². The van der Waals surface area contributed by atoms with Crippen molar-refractivity contribution in [1.29, 1.82) is 0 Å². The molecule has 0 spiro atoms. The van der Waals surface area contributed by atoms with Crippen LogP contribution in [0.1, 0.15) is 24.2 Å². The van der Waals surface area contributed by atoms with Crippen molar-refractivity contribution in [2.75, 3.05) is 17.7 Å². The zero-order valence-corrected chi connectivity index (χ0v) is 15.6. The number of carbonyl (C=O) groups excluding carboxylic acids is 3. The average molecular weight is 372 g/mol. The third kappa shape index (κ3) is 5.35. The Hall–Kier alpha value is -2.80. The Balaban J connectivity index is 2.02. The molecule has 2 aromatic carbocycles. The number of rotatable bonds is 6. The van der Waals surface area contributed by atoms with Crippen LogP contribution in [0.4, 0.5) is 11.4 Å². The molecule has 1 unspecified atom stereocenters. The number of benzene rings is 2. The van der Waals surface area contributed by atoms with Gasteiger partial charge < -0.3 is 15.4 Å². The van der Waals surface area contributed by atoms with Crippen LogP contribution in [-0.2, 0) is 14.3 Å². The van der Waals surface area contributed by atoms with Gasteiger partial charge in [0.2, 0.25) is 11.8 Å². The van der Waals surface area contributed by atoms with Crippen LogP contribution in [0.25, 0.3) is 0 Å². The Bertz CT molecular complexity index is 805. The highest BCUT2D eigenvalue weighted by Crippen LogP contribution is 2.26. The molecule has 2 rings (SSSR count). The van der Waals surface area contributed by atoms with Crippen molar-refractivity contribution in [2.45, 2.75) is 24.0 Å². The third-order valence-electron chi connectivity index (χ3n) is 3.45. The summed E-state index contributed by atoms with van der Waals surface area (Å²) in [7, 11) is 1.30. The Morgan fingerprint density at radius 3 is 2.27 bits per heavy atom. The van der Waals surface area contributed by atoms with Gasteiger partial charge in [-0.1, -0.05) is 12.1 Å². The number of anilines is 2.